The van der Waals surface area contributed by atoms with Crippen molar-refractivity contribution < 1.29 is 9.53 Å². The fraction of sp³-hybridized carbons (Fsp3) is 0.438. The molecule has 114 valence electrons. The van der Waals surface area contributed by atoms with Crippen LogP contribution >= 0.6 is 0 Å². The fourth-order valence-electron chi connectivity index (χ4n) is 2.72. The van der Waals surface area contributed by atoms with Crippen molar-refractivity contribution in [3.63, 3.8) is 0 Å². The maximum Gasteiger partial charge on any atom is 0.412 e. The third-order valence-electron chi connectivity index (χ3n) is 3.55. The van der Waals surface area contributed by atoms with Crippen molar-refractivity contribution in [2.24, 2.45) is 0 Å². The molecule has 1 amide bonds. The number of nitrogens with one attached hydrogen (secondary N) is 1. The second-order valence-electron chi connectivity index (χ2n) is 6.39. The predicted molar refractivity (Wildman–Crippen MR) is 83.3 cm³/mol. The number of nitrogens with zero attached hydrogens (tertiary/aromatic N) is 3. The number of anilines is 1. The average molecular weight is 298 g/mol. The molecule has 0 saturated carbocycles. The summed E-state index contributed by atoms with van der Waals surface area (Å²) in [5, 5.41) is 7.01. The van der Waals surface area contributed by atoms with Gasteiger partial charge in [0.2, 0.25) is 0 Å². The molecule has 1 N–H and O–H groups in total. The number of hydrogen-bond acceptors (Lipinski definition) is 3. The summed E-state index contributed by atoms with van der Waals surface area (Å²) < 4.78 is 7.01. The highest BCUT2D eigenvalue weighted by Crippen LogP contribution is 2.33. The molecule has 0 fully saturated rings. The van der Waals surface area contributed by atoms with E-state index in [4.69, 9.17) is 11.3 Å². The van der Waals surface area contributed by atoms with Crippen molar-refractivity contribution in [1.29, 1.82) is 0 Å². The summed E-state index contributed by atoms with van der Waals surface area (Å²) in [6, 6.07) is 3.94. The monoisotopic (exact) mass is 298 g/mol. The van der Waals surface area contributed by atoms with E-state index in [-0.39, 0.29) is 5.82 Å². The van der Waals surface area contributed by atoms with Crippen molar-refractivity contribution in [2.75, 3.05) is 5.32 Å². The maximum absolute atomic E-state index is 11.9. The van der Waals surface area contributed by atoms with Crippen LogP contribution in [0.15, 0.2) is 12.1 Å². The Morgan fingerprint density at radius 3 is 2.86 bits per heavy atom. The summed E-state index contributed by atoms with van der Waals surface area (Å²) in [7, 11) is 0. The van der Waals surface area contributed by atoms with Gasteiger partial charge in [-0.1, -0.05) is 6.07 Å². The fourth-order valence-corrected chi connectivity index (χ4v) is 2.72. The van der Waals surface area contributed by atoms with Crippen LogP contribution in [0.1, 0.15) is 38.4 Å². The van der Waals surface area contributed by atoms with Gasteiger partial charge >= 0.3 is 6.09 Å². The van der Waals surface area contributed by atoms with Gasteiger partial charge in [0, 0.05) is 5.69 Å². The van der Waals surface area contributed by atoms with Crippen LogP contribution in [0.2, 0.25) is 0 Å². The van der Waals surface area contributed by atoms with E-state index in [0.717, 1.165) is 30.5 Å². The Bertz CT molecular complexity index is 793. The number of amides is 1. The van der Waals surface area contributed by atoms with Crippen LogP contribution in [0, 0.1) is 6.57 Å². The Hall–Kier alpha value is -2.55. The second-order valence-corrected chi connectivity index (χ2v) is 6.39. The number of pyridine rings is 1. The first-order chi connectivity index (χ1) is 10.4. The van der Waals surface area contributed by atoms with Crippen LogP contribution in [0.4, 0.5) is 16.3 Å². The van der Waals surface area contributed by atoms with E-state index in [1.54, 1.807) is 25.3 Å². The van der Waals surface area contributed by atoms with E-state index in [9.17, 15) is 4.79 Å². The highest BCUT2D eigenvalue weighted by molar-refractivity contribution is 5.93. The van der Waals surface area contributed by atoms with E-state index >= 15 is 0 Å². The van der Waals surface area contributed by atoms with Crippen LogP contribution in [-0.4, -0.2) is 21.3 Å². The molecular weight excluding hydrogens is 280 g/mol. The number of rotatable bonds is 1. The summed E-state index contributed by atoms with van der Waals surface area (Å²) in [6.45, 7) is 12.8. The molecule has 6 heteroatoms. The van der Waals surface area contributed by atoms with E-state index in [1.807, 2.05) is 12.1 Å². The van der Waals surface area contributed by atoms with Crippen LogP contribution < -0.4 is 5.32 Å². The predicted octanol–water partition coefficient (Wildman–Crippen LogP) is 3.72. The quantitative estimate of drug-likeness (QED) is 0.816. The Labute approximate surface area is 128 Å². The molecule has 6 nitrogen and oxygen atoms in total. The molecule has 2 heterocycles. The molecule has 0 aromatic carbocycles. The molecule has 0 radical (unpaired) electrons. The van der Waals surface area contributed by atoms with Crippen LogP contribution in [0.5, 0.6) is 0 Å². The molecule has 0 bridgehead atoms. The molecule has 0 atom stereocenters. The highest BCUT2D eigenvalue weighted by atomic mass is 16.6. The van der Waals surface area contributed by atoms with Gasteiger partial charge in [-0.15, -0.1) is 0 Å². The first-order valence-electron chi connectivity index (χ1n) is 7.30. The van der Waals surface area contributed by atoms with Gasteiger partial charge in [0.25, 0.3) is 5.69 Å². The van der Waals surface area contributed by atoms with Crippen molar-refractivity contribution >= 4 is 23.1 Å². The lowest BCUT2D eigenvalue weighted by Crippen LogP contribution is -2.27. The van der Waals surface area contributed by atoms with Gasteiger partial charge in [-0.25, -0.2) is 14.2 Å². The lowest BCUT2D eigenvalue weighted by molar-refractivity contribution is 0.0635. The van der Waals surface area contributed by atoms with E-state index < -0.39 is 11.7 Å². The number of carbonyl (C=O) groups is 1. The third kappa shape index (κ3) is 2.50. The second kappa shape index (κ2) is 5.02. The molecule has 2 aromatic heterocycles. The van der Waals surface area contributed by atoms with Crippen molar-refractivity contribution in [3.8, 4) is 0 Å². The van der Waals surface area contributed by atoms with E-state index in [0.29, 0.717) is 5.69 Å². The Morgan fingerprint density at radius 2 is 2.18 bits per heavy atom. The van der Waals surface area contributed by atoms with Gasteiger partial charge in [0.1, 0.15) is 5.60 Å². The molecule has 2 aromatic rings. The molecule has 0 aliphatic heterocycles. The number of aromatic nitrogens is 2. The molecule has 1 aliphatic rings. The van der Waals surface area contributed by atoms with Crippen LogP contribution in [0.25, 0.3) is 10.4 Å². The SMILES string of the molecule is [C-]#[N+]c1c(NC(=O)OC(C)(C)C)nn2c3c(ccc12)CCC3. The molecule has 0 unspecified atom stereocenters. The summed E-state index contributed by atoms with van der Waals surface area (Å²) in [5.41, 5.74) is 2.86. The Kier molecular flexibility index (Phi) is 3.28. The van der Waals surface area contributed by atoms with Gasteiger partial charge in [-0.3, -0.25) is 5.32 Å². The Morgan fingerprint density at radius 1 is 1.41 bits per heavy atom. The topological polar surface area (TPSA) is 60.0 Å². The molecule has 3 rings (SSSR count). The lowest BCUT2D eigenvalue weighted by atomic mass is 10.2. The van der Waals surface area contributed by atoms with Gasteiger partial charge in [-0.2, -0.15) is 5.10 Å². The number of ether oxygens (including phenoxy) is 1. The standard InChI is InChI=1S/C16H18N4O2/c1-16(2,3)22-15(21)18-14-13(17-4)12-9-8-10-6-5-7-11(10)20(12)19-14/h8-9H,5-7H2,1-3H3,(H,18,19,21). The zero-order valence-electron chi connectivity index (χ0n) is 12.9. The minimum absolute atomic E-state index is 0.254. The summed E-state index contributed by atoms with van der Waals surface area (Å²) >= 11 is 0. The van der Waals surface area contributed by atoms with E-state index in [2.05, 4.69) is 15.3 Å². The summed E-state index contributed by atoms with van der Waals surface area (Å²) in [5.74, 6) is 0.254. The minimum Gasteiger partial charge on any atom is -0.444 e. The normalized spacial score (nSPS) is 13.7. The minimum atomic E-state index is -0.600. The van der Waals surface area contributed by atoms with Gasteiger partial charge < -0.3 is 4.74 Å². The average Bonchev–Trinajstić information content (AvgIpc) is 2.98. The number of fused-ring (bicyclic) bond motifs is 3. The first kappa shape index (κ1) is 14.4. The van der Waals surface area contributed by atoms with Gasteiger partial charge in [0.15, 0.2) is 5.82 Å². The maximum atomic E-state index is 11.9. The van der Waals surface area contributed by atoms with Crippen molar-refractivity contribution in [3.05, 3.63) is 34.8 Å². The summed E-state index contributed by atoms with van der Waals surface area (Å²) in [6.07, 6.45) is 2.47. The Balaban J connectivity index is 2.00. The van der Waals surface area contributed by atoms with Crippen LogP contribution in [-0.2, 0) is 17.6 Å². The van der Waals surface area contributed by atoms with Crippen LogP contribution in [0.3, 0.4) is 0 Å². The van der Waals surface area contributed by atoms with Crippen molar-refractivity contribution in [2.45, 2.75) is 45.6 Å². The zero-order chi connectivity index (χ0) is 15.9. The van der Waals surface area contributed by atoms with Crippen molar-refractivity contribution in [1.82, 2.24) is 9.61 Å². The van der Waals surface area contributed by atoms with E-state index in [1.165, 1.54) is 5.56 Å². The lowest BCUT2D eigenvalue weighted by Gasteiger charge is -2.19. The molecular formula is C16H18N4O2. The number of carbonyl (C=O) groups excluding carboxylic acids is 1. The first-order valence-corrected chi connectivity index (χ1v) is 7.30. The van der Waals surface area contributed by atoms with Gasteiger partial charge in [0.05, 0.1) is 12.1 Å². The number of aryl methyl sites for hydroxylation is 2. The third-order valence-corrected chi connectivity index (χ3v) is 3.55. The molecule has 0 saturated heterocycles. The largest absolute Gasteiger partial charge is 0.444 e. The zero-order valence-corrected chi connectivity index (χ0v) is 12.9. The number of hydrogen-bond donors (Lipinski definition) is 1. The van der Waals surface area contributed by atoms with Gasteiger partial charge in [-0.05, 0) is 51.7 Å². The summed E-state index contributed by atoms with van der Waals surface area (Å²) in [4.78, 5) is 15.5. The smallest absolute Gasteiger partial charge is 0.412 e. The highest BCUT2D eigenvalue weighted by Gasteiger charge is 2.23. The molecule has 1 aliphatic carbocycles. The molecule has 0 spiro atoms. The molecule has 22 heavy (non-hydrogen) atoms.